The van der Waals surface area contributed by atoms with Crippen LogP contribution < -0.4 is 11.1 Å². The number of nitrogens with zero attached hydrogens (tertiary/aromatic N) is 1. The Morgan fingerprint density at radius 3 is 2.89 bits per heavy atom. The third-order valence-electron chi connectivity index (χ3n) is 2.35. The molecule has 1 aromatic rings. The van der Waals surface area contributed by atoms with Gasteiger partial charge in [0.15, 0.2) is 0 Å². The number of nitrogen functional groups attached to an aromatic ring is 1. The largest absolute Gasteiger partial charge is 0.397 e. The van der Waals surface area contributed by atoms with E-state index in [1.165, 1.54) is 12.3 Å². The van der Waals surface area contributed by atoms with Crippen LogP contribution in [0.3, 0.4) is 0 Å². The fourth-order valence-electron chi connectivity index (χ4n) is 1.56. The number of halogens is 1. The van der Waals surface area contributed by atoms with E-state index in [9.17, 15) is 9.90 Å². The number of anilines is 1. The Bertz CT molecular complexity index is 424. The lowest BCUT2D eigenvalue weighted by atomic mass is 10.1. The van der Waals surface area contributed by atoms with Crippen LogP contribution in [0, 0.1) is 5.92 Å². The van der Waals surface area contributed by atoms with Gasteiger partial charge in [0.1, 0.15) is 5.15 Å². The van der Waals surface area contributed by atoms with Gasteiger partial charge in [-0.05, 0) is 18.4 Å². The number of aliphatic hydroxyl groups is 1. The summed E-state index contributed by atoms with van der Waals surface area (Å²) in [7, 11) is 0. The SMILES string of the molecule is CC(C)CC(O)CNC(=O)c1cc(N)cnc1Cl. The molecule has 1 rings (SSSR count). The topological polar surface area (TPSA) is 88.2 Å². The number of amides is 1. The summed E-state index contributed by atoms with van der Waals surface area (Å²) in [6.45, 7) is 4.19. The molecule has 18 heavy (non-hydrogen) atoms. The van der Waals surface area contributed by atoms with Gasteiger partial charge in [0.2, 0.25) is 0 Å². The number of nitrogens with one attached hydrogen (secondary N) is 1. The quantitative estimate of drug-likeness (QED) is 0.708. The Kier molecular flexibility index (Phi) is 5.37. The zero-order valence-electron chi connectivity index (χ0n) is 10.5. The Morgan fingerprint density at radius 1 is 1.61 bits per heavy atom. The molecule has 4 N–H and O–H groups in total. The van der Waals surface area contributed by atoms with Crippen molar-refractivity contribution in [1.82, 2.24) is 10.3 Å². The van der Waals surface area contributed by atoms with Crippen molar-refractivity contribution in [1.29, 1.82) is 0 Å². The highest BCUT2D eigenvalue weighted by atomic mass is 35.5. The van der Waals surface area contributed by atoms with E-state index in [1.807, 2.05) is 13.8 Å². The van der Waals surface area contributed by atoms with Crippen molar-refractivity contribution in [2.24, 2.45) is 5.92 Å². The summed E-state index contributed by atoms with van der Waals surface area (Å²) in [5.41, 5.74) is 6.12. The second kappa shape index (κ2) is 6.56. The molecule has 1 heterocycles. The number of hydrogen-bond acceptors (Lipinski definition) is 4. The minimum atomic E-state index is -0.568. The summed E-state index contributed by atoms with van der Waals surface area (Å²) in [5, 5.41) is 12.4. The smallest absolute Gasteiger partial charge is 0.254 e. The summed E-state index contributed by atoms with van der Waals surface area (Å²) in [5.74, 6) is -0.0165. The van der Waals surface area contributed by atoms with Gasteiger partial charge in [-0.3, -0.25) is 4.79 Å². The molecule has 0 spiro atoms. The zero-order valence-corrected chi connectivity index (χ0v) is 11.2. The molecule has 0 aromatic carbocycles. The standard InChI is InChI=1S/C12H18ClN3O2/c1-7(2)3-9(17)6-16-12(18)10-4-8(14)5-15-11(10)13/h4-5,7,9,17H,3,6,14H2,1-2H3,(H,16,18). The van der Waals surface area contributed by atoms with Crippen molar-refractivity contribution in [3.63, 3.8) is 0 Å². The van der Waals surface area contributed by atoms with Crippen molar-refractivity contribution in [2.45, 2.75) is 26.4 Å². The average Bonchev–Trinajstić information content (AvgIpc) is 2.28. The van der Waals surface area contributed by atoms with Crippen LogP contribution in [0.1, 0.15) is 30.6 Å². The van der Waals surface area contributed by atoms with Crippen molar-refractivity contribution in [3.05, 3.63) is 23.0 Å². The molecule has 0 saturated heterocycles. The third-order valence-corrected chi connectivity index (χ3v) is 2.65. The minimum absolute atomic E-state index is 0.0973. The highest BCUT2D eigenvalue weighted by molar-refractivity contribution is 6.32. The molecular formula is C12H18ClN3O2. The zero-order chi connectivity index (χ0) is 13.7. The lowest BCUT2D eigenvalue weighted by Crippen LogP contribution is -2.33. The molecule has 5 nitrogen and oxygen atoms in total. The molecule has 0 radical (unpaired) electrons. The van der Waals surface area contributed by atoms with Gasteiger partial charge in [0.25, 0.3) is 5.91 Å². The summed E-state index contributed by atoms with van der Waals surface area (Å²) in [6, 6.07) is 1.46. The number of aliphatic hydroxyl groups excluding tert-OH is 1. The summed E-state index contributed by atoms with van der Waals surface area (Å²) in [4.78, 5) is 15.6. The van der Waals surface area contributed by atoms with Gasteiger partial charge in [0, 0.05) is 6.54 Å². The van der Waals surface area contributed by atoms with Crippen LogP contribution in [0.2, 0.25) is 5.15 Å². The molecule has 0 bridgehead atoms. The van der Waals surface area contributed by atoms with Gasteiger partial charge in [-0.2, -0.15) is 0 Å². The Labute approximate surface area is 111 Å². The first-order chi connectivity index (χ1) is 8.40. The number of pyridine rings is 1. The van der Waals surface area contributed by atoms with Crippen LogP contribution >= 0.6 is 11.6 Å². The van der Waals surface area contributed by atoms with Gasteiger partial charge in [-0.1, -0.05) is 25.4 Å². The summed E-state index contributed by atoms with van der Waals surface area (Å²) < 4.78 is 0. The minimum Gasteiger partial charge on any atom is -0.397 e. The number of aromatic nitrogens is 1. The van der Waals surface area contributed by atoms with Gasteiger partial charge in [0.05, 0.1) is 23.6 Å². The highest BCUT2D eigenvalue weighted by Crippen LogP contribution is 2.15. The van der Waals surface area contributed by atoms with Gasteiger partial charge < -0.3 is 16.2 Å². The van der Waals surface area contributed by atoms with E-state index in [-0.39, 0.29) is 23.2 Å². The van der Waals surface area contributed by atoms with Crippen LogP contribution in [-0.2, 0) is 0 Å². The van der Waals surface area contributed by atoms with Gasteiger partial charge >= 0.3 is 0 Å². The van der Waals surface area contributed by atoms with E-state index in [0.717, 1.165) is 0 Å². The molecule has 1 amide bonds. The second-order valence-corrected chi connectivity index (χ2v) is 4.96. The van der Waals surface area contributed by atoms with E-state index >= 15 is 0 Å². The molecule has 0 aliphatic carbocycles. The first-order valence-electron chi connectivity index (χ1n) is 5.77. The number of hydrogen-bond donors (Lipinski definition) is 3. The van der Waals surface area contributed by atoms with Crippen LogP contribution in [0.15, 0.2) is 12.3 Å². The fourth-order valence-corrected chi connectivity index (χ4v) is 1.75. The Morgan fingerprint density at radius 2 is 2.28 bits per heavy atom. The molecule has 0 aliphatic heterocycles. The number of carbonyl (C=O) groups is 1. The number of nitrogens with two attached hydrogens (primary N) is 1. The van der Waals surface area contributed by atoms with E-state index in [2.05, 4.69) is 10.3 Å². The van der Waals surface area contributed by atoms with E-state index in [1.54, 1.807) is 0 Å². The summed E-state index contributed by atoms with van der Waals surface area (Å²) >= 11 is 5.80. The van der Waals surface area contributed by atoms with Crippen molar-refractivity contribution >= 4 is 23.2 Å². The molecule has 0 fully saturated rings. The van der Waals surface area contributed by atoms with Crippen molar-refractivity contribution in [3.8, 4) is 0 Å². The predicted octanol–water partition coefficient (Wildman–Crippen LogP) is 1.45. The van der Waals surface area contributed by atoms with E-state index in [0.29, 0.717) is 18.0 Å². The van der Waals surface area contributed by atoms with E-state index in [4.69, 9.17) is 17.3 Å². The average molecular weight is 272 g/mol. The predicted molar refractivity (Wildman–Crippen MR) is 71.5 cm³/mol. The maximum atomic E-state index is 11.8. The van der Waals surface area contributed by atoms with Gasteiger partial charge in [-0.15, -0.1) is 0 Å². The Balaban J connectivity index is 2.58. The van der Waals surface area contributed by atoms with Crippen LogP contribution in [0.5, 0.6) is 0 Å². The van der Waals surface area contributed by atoms with E-state index < -0.39 is 6.10 Å². The molecule has 0 saturated carbocycles. The first-order valence-corrected chi connectivity index (χ1v) is 6.15. The molecule has 100 valence electrons. The molecular weight excluding hydrogens is 254 g/mol. The third kappa shape index (κ3) is 4.50. The lowest BCUT2D eigenvalue weighted by molar-refractivity contribution is 0.0900. The molecule has 1 atom stereocenters. The van der Waals surface area contributed by atoms with Gasteiger partial charge in [-0.25, -0.2) is 4.98 Å². The lowest BCUT2D eigenvalue weighted by Gasteiger charge is -2.14. The monoisotopic (exact) mass is 271 g/mol. The van der Waals surface area contributed by atoms with Crippen LogP contribution in [0.4, 0.5) is 5.69 Å². The maximum absolute atomic E-state index is 11.8. The highest BCUT2D eigenvalue weighted by Gasteiger charge is 2.14. The molecule has 6 heteroatoms. The second-order valence-electron chi connectivity index (χ2n) is 4.60. The number of rotatable bonds is 5. The normalized spacial score (nSPS) is 12.5. The van der Waals surface area contributed by atoms with Crippen molar-refractivity contribution in [2.75, 3.05) is 12.3 Å². The molecule has 1 unspecified atom stereocenters. The Hall–Kier alpha value is -1.33. The van der Waals surface area contributed by atoms with Crippen LogP contribution in [-0.4, -0.2) is 28.6 Å². The number of carbonyl (C=O) groups excluding carboxylic acids is 1. The summed E-state index contributed by atoms with van der Waals surface area (Å²) in [6.07, 6.45) is 1.44. The fraction of sp³-hybridized carbons (Fsp3) is 0.500. The molecule has 0 aliphatic rings. The van der Waals surface area contributed by atoms with Crippen LogP contribution in [0.25, 0.3) is 0 Å². The molecule has 1 aromatic heterocycles. The van der Waals surface area contributed by atoms with Crippen molar-refractivity contribution < 1.29 is 9.90 Å². The first kappa shape index (κ1) is 14.7. The maximum Gasteiger partial charge on any atom is 0.254 e.